The molecule has 0 saturated carbocycles. The zero-order valence-electron chi connectivity index (χ0n) is 9.98. The van der Waals surface area contributed by atoms with Gasteiger partial charge in [0.2, 0.25) is 0 Å². The van der Waals surface area contributed by atoms with E-state index in [0.29, 0.717) is 12.0 Å². The predicted molar refractivity (Wildman–Crippen MR) is 64.4 cm³/mol. The van der Waals surface area contributed by atoms with Crippen LogP contribution in [0.3, 0.4) is 0 Å². The number of hydrogen-bond acceptors (Lipinski definition) is 3. The average Bonchev–Trinajstić information content (AvgIpc) is 2.34. The summed E-state index contributed by atoms with van der Waals surface area (Å²) in [5.41, 5.74) is 0.684. The number of ketones is 1. The minimum absolute atomic E-state index is 0.186. The van der Waals surface area contributed by atoms with Crippen molar-refractivity contribution in [2.75, 3.05) is 0 Å². The van der Waals surface area contributed by atoms with E-state index in [-0.39, 0.29) is 5.78 Å². The van der Waals surface area contributed by atoms with Crippen molar-refractivity contribution >= 4 is 5.78 Å². The molecule has 1 aromatic rings. The lowest BCUT2D eigenvalue weighted by molar-refractivity contribution is 0.0978. The molecule has 16 heavy (non-hydrogen) atoms. The van der Waals surface area contributed by atoms with Crippen molar-refractivity contribution < 1.29 is 4.79 Å². The van der Waals surface area contributed by atoms with E-state index in [1.165, 1.54) is 25.7 Å². The third kappa shape index (κ3) is 5.01. The van der Waals surface area contributed by atoms with Crippen LogP contribution in [0.2, 0.25) is 0 Å². The van der Waals surface area contributed by atoms with Gasteiger partial charge >= 0.3 is 0 Å². The van der Waals surface area contributed by atoms with Gasteiger partial charge in [-0.2, -0.15) is 10.2 Å². The highest BCUT2D eigenvalue weighted by Crippen LogP contribution is 2.09. The first-order valence-electron chi connectivity index (χ1n) is 6.14. The Labute approximate surface area is 97.3 Å². The number of hydrogen-bond donors (Lipinski definition) is 0. The van der Waals surface area contributed by atoms with E-state index in [1.54, 1.807) is 18.5 Å². The van der Waals surface area contributed by atoms with Gasteiger partial charge < -0.3 is 0 Å². The molecule has 0 fully saturated rings. The number of Topliss-reactive ketones (excluding diaryl/α,β-unsaturated/α-hetero) is 1. The van der Waals surface area contributed by atoms with E-state index in [4.69, 9.17) is 0 Å². The van der Waals surface area contributed by atoms with E-state index in [1.807, 2.05) is 0 Å². The van der Waals surface area contributed by atoms with Gasteiger partial charge in [-0.1, -0.05) is 39.0 Å². The summed E-state index contributed by atoms with van der Waals surface area (Å²) in [6, 6.07) is 1.73. The smallest absolute Gasteiger partial charge is 0.164 e. The topological polar surface area (TPSA) is 42.9 Å². The number of aromatic nitrogens is 2. The molecule has 0 aliphatic heterocycles. The van der Waals surface area contributed by atoms with Crippen LogP contribution in [0.25, 0.3) is 0 Å². The monoisotopic (exact) mass is 220 g/mol. The van der Waals surface area contributed by atoms with Crippen LogP contribution in [0.1, 0.15) is 62.2 Å². The van der Waals surface area contributed by atoms with Gasteiger partial charge in [0.15, 0.2) is 5.78 Å². The van der Waals surface area contributed by atoms with Gasteiger partial charge in [-0.3, -0.25) is 4.79 Å². The van der Waals surface area contributed by atoms with Crippen molar-refractivity contribution in [2.45, 2.75) is 51.9 Å². The Kier molecular flexibility index (Phi) is 6.38. The highest BCUT2D eigenvalue weighted by Gasteiger charge is 2.04. The number of unbranched alkanes of at least 4 members (excludes halogenated alkanes) is 5. The lowest BCUT2D eigenvalue weighted by Gasteiger charge is -2.00. The highest BCUT2D eigenvalue weighted by atomic mass is 16.1. The second-order valence-corrected chi connectivity index (χ2v) is 4.07. The normalized spacial score (nSPS) is 10.3. The molecule has 0 radical (unpaired) electrons. The van der Waals surface area contributed by atoms with Gasteiger partial charge in [0.1, 0.15) is 0 Å². The van der Waals surface area contributed by atoms with Gasteiger partial charge in [0.05, 0.1) is 12.4 Å². The summed E-state index contributed by atoms with van der Waals surface area (Å²) in [6.07, 6.45) is 11.0. The molecule has 0 atom stereocenters. The summed E-state index contributed by atoms with van der Waals surface area (Å²) >= 11 is 0. The third-order valence-electron chi connectivity index (χ3n) is 2.66. The molecule has 0 bridgehead atoms. The molecule has 0 amide bonds. The van der Waals surface area contributed by atoms with Crippen molar-refractivity contribution in [3.63, 3.8) is 0 Å². The van der Waals surface area contributed by atoms with Crippen LogP contribution >= 0.6 is 0 Å². The predicted octanol–water partition coefficient (Wildman–Crippen LogP) is 3.41. The Morgan fingerprint density at radius 2 is 1.88 bits per heavy atom. The maximum Gasteiger partial charge on any atom is 0.164 e. The van der Waals surface area contributed by atoms with Gasteiger partial charge in [0.25, 0.3) is 0 Å². The van der Waals surface area contributed by atoms with Crippen LogP contribution in [-0.2, 0) is 0 Å². The summed E-state index contributed by atoms with van der Waals surface area (Å²) in [5.74, 6) is 0.186. The number of nitrogens with zero attached hydrogens (tertiary/aromatic N) is 2. The van der Waals surface area contributed by atoms with Crippen LogP contribution in [0.4, 0.5) is 0 Å². The zero-order valence-corrected chi connectivity index (χ0v) is 9.98. The molecule has 0 aromatic carbocycles. The Balaban J connectivity index is 2.12. The molecule has 1 heterocycles. The fourth-order valence-electron chi connectivity index (χ4n) is 1.67. The first-order valence-corrected chi connectivity index (χ1v) is 6.14. The van der Waals surface area contributed by atoms with Gasteiger partial charge in [0, 0.05) is 12.0 Å². The summed E-state index contributed by atoms with van der Waals surface area (Å²) in [4.78, 5) is 11.7. The van der Waals surface area contributed by atoms with Crippen LogP contribution < -0.4 is 0 Å². The molecule has 1 aromatic heterocycles. The fraction of sp³-hybridized carbons (Fsp3) is 0.615. The fourth-order valence-corrected chi connectivity index (χ4v) is 1.67. The van der Waals surface area contributed by atoms with Gasteiger partial charge in [-0.05, 0) is 12.5 Å². The summed E-state index contributed by atoms with van der Waals surface area (Å²) in [6.45, 7) is 2.21. The standard InChI is InChI=1S/C13H20N2O/c1-2-3-4-5-6-7-8-13(16)12-9-10-14-15-11-12/h9-11H,2-8H2,1H3. The van der Waals surface area contributed by atoms with Crippen LogP contribution in [0, 0.1) is 0 Å². The van der Waals surface area contributed by atoms with Crippen molar-refractivity contribution in [3.8, 4) is 0 Å². The van der Waals surface area contributed by atoms with E-state index < -0.39 is 0 Å². The molecular weight excluding hydrogens is 200 g/mol. The molecule has 0 N–H and O–H groups in total. The quantitative estimate of drug-likeness (QED) is 0.498. The Bertz CT molecular complexity index is 298. The van der Waals surface area contributed by atoms with Gasteiger partial charge in [-0.15, -0.1) is 0 Å². The third-order valence-corrected chi connectivity index (χ3v) is 2.66. The van der Waals surface area contributed by atoms with Crippen LogP contribution in [0.15, 0.2) is 18.5 Å². The summed E-state index contributed by atoms with van der Waals surface area (Å²) in [5, 5.41) is 7.36. The van der Waals surface area contributed by atoms with Gasteiger partial charge in [-0.25, -0.2) is 0 Å². The van der Waals surface area contributed by atoms with E-state index >= 15 is 0 Å². The van der Waals surface area contributed by atoms with Crippen molar-refractivity contribution in [1.82, 2.24) is 10.2 Å². The Hall–Kier alpha value is -1.25. The highest BCUT2D eigenvalue weighted by molar-refractivity contribution is 5.95. The van der Waals surface area contributed by atoms with Crippen molar-refractivity contribution in [2.24, 2.45) is 0 Å². The first-order chi connectivity index (χ1) is 7.84. The minimum atomic E-state index is 0.186. The van der Waals surface area contributed by atoms with E-state index in [2.05, 4.69) is 17.1 Å². The number of carbonyl (C=O) groups excluding carboxylic acids is 1. The molecule has 3 heteroatoms. The number of rotatable bonds is 8. The largest absolute Gasteiger partial charge is 0.294 e. The van der Waals surface area contributed by atoms with Crippen LogP contribution in [-0.4, -0.2) is 16.0 Å². The maximum absolute atomic E-state index is 11.7. The lowest BCUT2D eigenvalue weighted by Crippen LogP contribution is -1.99. The molecule has 0 unspecified atom stereocenters. The van der Waals surface area contributed by atoms with Crippen molar-refractivity contribution in [1.29, 1.82) is 0 Å². The molecule has 3 nitrogen and oxygen atoms in total. The van der Waals surface area contributed by atoms with Crippen LogP contribution in [0.5, 0.6) is 0 Å². The van der Waals surface area contributed by atoms with E-state index in [0.717, 1.165) is 12.8 Å². The summed E-state index contributed by atoms with van der Waals surface area (Å²) in [7, 11) is 0. The molecule has 0 saturated heterocycles. The average molecular weight is 220 g/mol. The summed E-state index contributed by atoms with van der Waals surface area (Å²) < 4.78 is 0. The second kappa shape index (κ2) is 7.97. The molecular formula is C13H20N2O. The van der Waals surface area contributed by atoms with E-state index in [9.17, 15) is 4.79 Å². The molecule has 1 rings (SSSR count). The lowest BCUT2D eigenvalue weighted by atomic mass is 10.0. The minimum Gasteiger partial charge on any atom is -0.294 e. The first kappa shape index (κ1) is 12.8. The van der Waals surface area contributed by atoms with Crippen molar-refractivity contribution in [3.05, 3.63) is 24.0 Å². The zero-order chi connectivity index (χ0) is 11.6. The SMILES string of the molecule is CCCCCCCCC(=O)c1ccnnc1. The maximum atomic E-state index is 11.7. The molecule has 0 aliphatic carbocycles. The Morgan fingerprint density at radius 3 is 2.56 bits per heavy atom. The molecule has 88 valence electrons. The second-order valence-electron chi connectivity index (χ2n) is 4.07. The Morgan fingerprint density at radius 1 is 1.12 bits per heavy atom. The number of carbonyl (C=O) groups is 1. The molecule has 0 aliphatic rings. The molecule has 0 spiro atoms.